The van der Waals surface area contributed by atoms with Crippen LogP contribution in [-0.4, -0.2) is 10.8 Å². The third-order valence-corrected chi connectivity index (χ3v) is 2.09. The van der Waals surface area contributed by atoms with Gasteiger partial charge in [0.1, 0.15) is 5.41 Å². The molecule has 0 fully saturated rings. The first-order chi connectivity index (χ1) is 5.68. The Morgan fingerprint density at radius 2 is 1.92 bits per heavy atom. The van der Waals surface area contributed by atoms with Crippen LogP contribution < -0.4 is 0 Å². The van der Waals surface area contributed by atoms with E-state index in [1.54, 1.807) is 23.8 Å². The molecule has 0 saturated heterocycles. The summed E-state index contributed by atoms with van der Waals surface area (Å²) in [5, 5.41) is 2.35. The summed E-state index contributed by atoms with van der Waals surface area (Å²) in [6, 6.07) is 7.37. The van der Waals surface area contributed by atoms with Crippen LogP contribution in [-0.2, 0) is 11.2 Å². The quantitative estimate of drug-likeness (QED) is 0.674. The summed E-state index contributed by atoms with van der Waals surface area (Å²) in [5.41, 5.74) is 1.01. The molecule has 3 heteroatoms. The van der Waals surface area contributed by atoms with Gasteiger partial charge in [0, 0.05) is 5.02 Å². The standard InChI is InChI=1S/C9H9ClOS/c1-12(11)7-6-8-2-4-9(10)5-3-8/h2-7H,1H3/b7-6+. The summed E-state index contributed by atoms with van der Waals surface area (Å²) in [7, 11) is 0. The average Bonchev–Trinajstić information content (AvgIpc) is 2.03. The molecule has 64 valence electrons. The summed E-state index contributed by atoms with van der Waals surface area (Å²) in [5.74, 6) is 0. The second-order valence-electron chi connectivity index (χ2n) is 2.35. The smallest absolute Gasteiger partial charge is 0.117 e. The lowest BCUT2D eigenvalue weighted by Gasteiger charge is -1.95. The van der Waals surface area contributed by atoms with Gasteiger partial charge in [-0.05, 0) is 34.9 Å². The molecule has 1 rings (SSSR count). The van der Waals surface area contributed by atoms with Crippen LogP contribution in [0, 0.1) is 0 Å². The largest absolute Gasteiger partial charge is 0.612 e. The molecular weight excluding hydrogens is 192 g/mol. The molecule has 0 amide bonds. The van der Waals surface area contributed by atoms with Crippen LogP contribution in [0.5, 0.6) is 0 Å². The summed E-state index contributed by atoms with van der Waals surface area (Å²) in [6.07, 6.45) is 3.44. The minimum atomic E-state index is -0.885. The Kier molecular flexibility index (Phi) is 3.66. The van der Waals surface area contributed by atoms with E-state index >= 15 is 0 Å². The van der Waals surface area contributed by atoms with Gasteiger partial charge in [0.15, 0.2) is 0 Å². The van der Waals surface area contributed by atoms with E-state index in [0.29, 0.717) is 5.02 Å². The second-order valence-corrected chi connectivity index (χ2v) is 4.06. The van der Waals surface area contributed by atoms with Gasteiger partial charge >= 0.3 is 0 Å². The molecule has 0 aliphatic carbocycles. The number of hydrogen-bond donors (Lipinski definition) is 0. The van der Waals surface area contributed by atoms with E-state index in [1.165, 1.54) is 0 Å². The van der Waals surface area contributed by atoms with Crippen molar-refractivity contribution in [1.82, 2.24) is 0 Å². The van der Waals surface area contributed by atoms with Crippen molar-refractivity contribution in [2.45, 2.75) is 0 Å². The minimum Gasteiger partial charge on any atom is -0.612 e. The van der Waals surface area contributed by atoms with E-state index in [9.17, 15) is 4.55 Å². The fourth-order valence-corrected chi connectivity index (χ4v) is 1.22. The van der Waals surface area contributed by atoms with E-state index in [4.69, 9.17) is 11.6 Å². The second kappa shape index (κ2) is 4.55. The van der Waals surface area contributed by atoms with Gasteiger partial charge in [-0.25, -0.2) is 0 Å². The van der Waals surface area contributed by atoms with E-state index in [-0.39, 0.29) is 0 Å². The fraction of sp³-hybridized carbons (Fsp3) is 0.111. The molecule has 0 bridgehead atoms. The van der Waals surface area contributed by atoms with Crippen LogP contribution in [0.15, 0.2) is 29.7 Å². The molecule has 0 aliphatic rings. The number of halogens is 1. The average molecular weight is 201 g/mol. The molecule has 0 aromatic heterocycles. The summed E-state index contributed by atoms with van der Waals surface area (Å²) in [6.45, 7) is 0. The highest BCUT2D eigenvalue weighted by Crippen LogP contribution is 2.10. The first kappa shape index (κ1) is 9.65. The Morgan fingerprint density at radius 3 is 2.42 bits per heavy atom. The van der Waals surface area contributed by atoms with Crippen molar-refractivity contribution < 1.29 is 4.55 Å². The third kappa shape index (κ3) is 3.30. The molecule has 1 atom stereocenters. The molecule has 12 heavy (non-hydrogen) atoms. The molecule has 0 N–H and O–H groups in total. The maximum Gasteiger partial charge on any atom is 0.117 e. The topological polar surface area (TPSA) is 23.1 Å². The Balaban J connectivity index is 2.71. The van der Waals surface area contributed by atoms with Crippen molar-refractivity contribution in [1.29, 1.82) is 0 Å². The first-order valence-electron chi connectivity index (χ1n) is 3.44. The number of rotatable bonds is 2. The molecule has 0 radical (unpaired) electrons. The Labute approximate surface area is 80.2 Å². The summed E-state index contributed by atoms with van der Waals surface area (Å²) < 4.78 is 10.7. The zero-order valence-corrected chi connectivity index (χ0v) is 8.23. The Hall–Kier alpha value is -0.440. The van der Waals surface area contributed by atoms with Crippen LogP contribution in [0.3, 0.4) is 0 Å². The predicted octanol–water partition coefficient (Wildman–Crippen LogP) is 2.69. The van der Waals surface area contributed by atoms with Gasteiger partial charge in [-0.3, -0.25) is 0 Å². The monoisotopic (exact) mass is 200 g/mol. The highest BCUT2D eigenvalue weighted by molar-refractivity contribution is 7.93. The van der Waals surface area contributed by atoms with Gasteiger partial charge in [0.2, 0.25) is 0 Å². The van der Waals surface area contributed by atoms with Gasteiger partial charge in [-0.15, -0.1) is 0 Å². The van der Waals surface area contributed by atoms with Gasteiger partial charge in [0.25, 0.3) is 0 Å². The number of hydrogen-bond acceptors (Lipinski definition) is 1. The molecule has 1 nitrogen and oxygen atoms in total. The normalized spacial score (nSPS) is 13.6. The van der Waals surface area contributed by atoms with Gasteiger partial charge in [0.05, 0.1) is 6.26 Å². The minimum absolute atomic E-state index is 0.713. The van der Waals surface area contributed by atoms with Crippen molar-refractivity contribution in [3.8, 4) is 0 Å². The lowest BCUT2D eigenvalue weighted by atomic mass is 10.2. The maximum atomic E-state index is 10.7. The molecule has 1 unspecified atom stereocenters. The molecule has 0 aliphatic heterocycles. The lowest BCUT2D eigenvalue weighted by Crippen LogP contribution is -1.87. The molecule has 0 spiro atoms. The lowest BCUT2D eigenvalue weighted by molar-refractivity contribution is 0.609. The van der Waals surface area contributed by atoms with Crippen molar-refractivity contribution in [3.63, 3.8) is 0 Å². The Morgan fingerprint density at radius 1 is 1.33 bits per heavy atom. The van der Waals surface area contributed by atoms with Crippen molar-refractivity contribution in [3.05, 3.63) is 40.3 Å². The van der Waals surface area contributed by atoms with Crippen LogP contribution >= 0.6 is 11.6 Å². The molecule has 0 saturated carbocycles. The SMILES string of the molecule is C[S+]([O-])/C=C/c1ccc(Cl)cc1. The highest BCUT2D eigenvalue weighted by atomic mass is 35.5. The van der Waals surface area contributed by atoms with Crippen molar-refractivity contribution in [2.75, 3.05) is 6.26 Å². The third-order valence-electron chi connectivity index (χ3n) is 1.32. The Bertz CT molecular complexity index is 266. The van der Waals surface area contributed by atoms with E-state index in [2.05, 4.69) is 0 Å². The molecule has 1 aromatic carbocycles. The zero-order chi connectivity index (χ0) is 8.97. The van der Waals surface area contributed by atoms with Crippen LogP contribution in [0.1, 0.15) is 5.56 Å². The molecular formula is C9H9ClOS. The zero-order valence-electron chi connectivity index (χ0n) is 6.66. The van der Waals surface area contributed by atoms with Gasteiger partial charge in [-0.1, -0.05) is 23.7 Å². The maximum absolute atomic E-state index is 10.7. The van der Waals surface area contributed by atoms with Crippen molar-refractivity contribution >= 4 is 28.9 Å². The van der Waals surface area contributed by atoms with Crippen LogP contribution in [0.25, 0.3) is 6.08 Å². The van der Waals surface area contributed by atoms with Crippen LogP contribution in [0.4, 0.5) is 0 Å². The number of benzene rings is 1. The van der Waals surface area contributed by atoms with Crippen molar-refractivity contribution in [2.24, 2.45) is 0 Å². The molecule has 0 heterocycles. The summed E-state index contributed by atoms with van der Waals surface area (Å²) in [4.78, 5) is 0. The molecule has 1 aromatic rings. The summed E-state index contributed by atoms with van der Waals surface area (Å²) >= 11 is 4.81. The van der Waals surface area contributed by atoms with Crippen LogP contribution in [0.2, 0.25) is 5.02 Å². The van der Waals surface area contributed by atoms with E-state index < -0.39 is 11.2 Å². The first-order valence-corrected chi connectivity index (χ1v) is 5.44. The van der Waals surface area contributed by atoms with E-state index in [1.807, 2.05) is 18.2 Å². The van der Waals surface area contributed by atoms with Gasteiger partial charge < -0.3 is 4.55 Å². The predicted molar refractivity (Wildman–Crippen MR) is 54.6 cm³/mol. The van der Waals surface area contributed by atoms with E-state index in [0.717, 1.165) is 5.56 Å². The van der Waals surface area contributed by atoms with Gasteiger partial charge in [-0.2, -0.15) is 0 Å². The fourth-order valence-electron chi connectivity index (χ4n) is 0.748. The highest BCUT2D eigenvalue weighted by Gasteiger charge is 1.90.